The van der Waals surface area contributed by atoms with Crippen molar-refractivity contribution >= 4 is 0 Å². The largest absolute Gasteiger partial charge is 0.288 e. The van der Waals surface area contributed by atoms with Crippen LogP contribution in [0.25, 0.3) is 11.3 Å². The average Bonchev–Trinajstić information content (AvgIpc) is 2.71. The monoisotopic (exact) mass is 341 g/mol. The zero-order valence-electron chi connectivity index (χ0n) is 14.3. The lowest BCUT2D eigenvalue weighted by Gasteiger charge is -2.16. The van der Waals surface area contributed by atoms with Gasteiger partial charge >= 0.3 is 0 Å². The van der Waals surface area contributed by atoms with Crippen LogP contribution >= 0.6 is 0 Å². The Bertz CT molecular complexity index is 1020. The molecule has 0 fully saturated rings. The van der Waals surface area contributed by atoms with Gasteiger partial charge in [0.25, 0.3) is 0 Å². The second kappa shape index (κ2) is 7.31. The van der Waals surface area contributed by atoms with Crippen LogP contribution in [0.15, 0.2) is 90.0 Å². The lowest BCUT2D eigenvalue weighted by Crippen LogP contribution is -2.20. The molecule has 4 nitrogen and oxygen atoms in total. The van der Waals surface area contributed by atoms with Crippen LogP contribution in [-0.2, 0) is 6.42 Å². The molecule has 0 spiro atoms. The average molecular weight is 341 g/mol. The summed E-state index contributed by atoms with van der Waals surface area (Å²) < 4.78 is 1.87. The van der Waals surface area contributed by atoms with E-state index in [9.17, 15) is 4.79 Å². The fourth-order valence-corrected chi connectivity index (χ4v) is 3.10. The summed E-state index contributed by atoms with van der Waals surface area (Å²) in [4.78, 5) is 16.7. The number of pyridine rings is 1. The maximum atomic E-state index is 12.3. The van der Waals surface area contributed by atoms with Gasteiger partial charge < -0.3 is 0 Å². The van der Waals surface area contributed by atoms with Gasteiger partial charge in [0.2, 0.25) is 5.43 Å². The molecule has 0 aliphatic heterocycles. The molecule has 0 saturated heterocycles. The lowest BCUT2D eigenvalue weighted by atomic mass is 10.0. The van der Waals surface area contributed by atoms with E-state index in [-0.39, 0.29) is 11.5 Å². The molecular weight excluding hydrogens is 322 g/mol. The third-order valence-electron chi connectivity index (χ3n) is 4.46. The molecule has 26 heavy (non-hydrogen) atoms. The quantitative estimate of drug-likeness (QED) is 0.722. The van der Waals surface area contributed by atoms with Gasteiger partial charge in [-0.1, -0.05) is 48.6 Å². The molecule has 1 atom stereocenters. The minimum atomic E-state index is -0.0279. The van der Waals surface area contributed by atoms with Crippen LogP contribution in [0, 0.1) is 0 Å². The van der Waals surface area contributed by atoms with Gasteiger partial charge in [-0.15, -0.1) is 0 Å². The highest BCUT2D eigenvalue weighted by atomic mass is 16.1. The predicted octanol–water partition coefficient (Wildman–Crippen LogP) is 3.95. The highest BCUT2D eigenvalue weighted by molar-refractivity contribution is 5.59. The molecule has 0 radical (unpaired) electrons. The first-order valence-corrected chi connectivity index (χ1v) is 8.71. The summed E-state index contributed by atoms with van der Waals surface area (Å²) in [5, 5.41) is 4.60. The maximum absolute atomic E-state index is 12.3. The van der Waals surface area contributed by atoms with E-state index in [0.717, 1.165) is 23.2 Å². The van der Waals surface area contributed by atoms with Gasteiger partial charge in [0.1, 0.15) is 5.69 Å². The van der Waals surface area contributed by atoms with E-state index in [1.54, 1.807) is 18.5 Å². The van der Waals surface area contributed by atoms with Crippen molar-refractivity contribution in [3.63, 3.8) is 0 Å². The summed E-state index contributed by atoms with van der Waals surface area (Å²) in [6.45, 7) is 0. The first kappa shape index (κ1) is 16.2. The minimum absolute atomic E-state index is 0.0279. The van der Waals surface area contributed by atoms with Crippen molar-refractivity contribution in [3.8, 4) is 11.3 Å². The third-order valence-corrected chi connectivity index (χ3v) is 4.46. The van der Waals surface area contributed by atoms with E-state index in [1.807, 2.05) is 53.2 Å². The molecule has 1 aliphatic rings. The molecule has 4 heteroatoms. The number of benzene rings is 1. The number of hydrogen-bond acceptors (Lipinski definition) is 3. The Labute approximate surface area is 152 Å². The minimum Gasteiger partial charge on any atom is -0.288 e. The molecule has 0 bridgehead atoms. The molecule has 1 aromatic carbocycles. The van der Waals surface area contributed by atoms with Crippen molar-refractivity contribution in [1.82, 2.24) is 14.8 Å². The Morgan fingerprint density at radius 1 is 1.08 bits per heavy atom. The van der Waals surface area contributed by atoms with E-state index in [1.165, 1.54) is 0 Å². The van der Waals surface area contributed by atoms with Crippen LogP contribution in [0.1, 0.15) is 23.7 Å². The summed E-state index contributed by atoms with van der Waals surface area (Å²) in [6.07, 6.45) is 13.2. The Morgan fingerprint density at radius 3 is 2.85 bits per heavy atom. The van der Waals surface area contributed by atoms with E-state index < -0.39 is 0 Å². The Kier molecular flexibility index (Phi) is 4.56. The molecule has 128 valence electrons. The molecule has 0 amide bonds. The Morgan fingerprint density at radius 2 is 2.04 bits per heavy atom. The normalized spacial score (nSPS) is 15.9. The van der Waals surface area contributed by atoms with Crippen molar-refractivity contribution in [3.05, 3.63) is 107 Å². The number of aromatic nitrogens is 3. The zero-order chi connectivity index (χ0) is 17.8. The van der Waals surface area contributed by atoms with Crippen LogP contribution in [0.4, 0.5) is 0 Å². The van der Waals surface area contributed by atoms with Crippen molar-refractivity contribution in [2.45, 2.75) is 18.9 Å². The molecule has 1 aliphatic carbocycles. The summed E-state index contributed by atoms with van der Waals surface area (Å²) in [6, 6.07) is 15.7. The molecule has 2 aromatic heterocycles. The standard InChI is InChI=1S/C22H19N3O/c26-22-12-14-25(19-9-2-1-3-10-19)24-21(22)16-17-7-6-8-18(15-17)20-11-4-5-13-23-20/h1-9,11-15,19H,10,16H2. The van der Waals surface area contributed by atoms with Crippen LogP contribution < -0.4 is 5.43 Å². The molecule has 4 rings (SSSR count). The smallest absolute Gasteiger partial charge is 0.203 e. The van der Waals surface area contributed by atoms with Gasteiger partial charge in [0.05, 0.1) is 11.7 Å². The van der Waals surface area contributed by atoms with Gasteiger partial charge in [-0.3, -0.25) is 14.5 Å². The van der Waals surface area contributed by atoms with E-state index >= 15 is 0 Å². The highest BCUT2D eigenvalue weighted by Gasteiger charge is 2.11. The van der Waals surface area contributed by atoms with Crippen LogP contribution in [0.5, 0.6) is 0 Å². The van der Waals surface area contributed by atoms with E-state index in [4.69, 9.17) is 0 Å². The molecule has 0 N–H and O–H groups in total. The van der Waals surface area contributed by atoms with E-state index in [2.05, 4.69) is 28.3 Å². The van der Waals surface area contributed by atoms with Crippen LogP contribution in [0.3, 0.4) is 0 Å². The molecule has 1 unspecified atom stereocenters. The zero-order valence-corrected chi connectivity index (χ0v) is 14.3. The number of nitrogens with zero attached hydrogens (tertiary/aromatic N) is 3. The van der Waals surface area contributed by atoms with Crippen molar-refractivity contribution in [1.29, 1.82) is 0 Å². The number of rotatable bonds is 4. The summed E-state index contributed by atoms with van der Waals surface area (Å²) in [5.41, 5.74) is 3.55. The molecule has 2 heterocycles. The van der Waals surface area contributed by atoms with Gasteiger partial charge in [0.15, 0.2) is 0 Å². The van der Waals surface area contributed by atoms with Crippen molar-refractivity contribution in [2.75, 3.05) is 0 Å². The first-order valence-electron chi connectivity index (χ1n) is 8.71. The topological polar surface area (TPSA) is 47.8 Å². The second-order valence-corrected chi connectivity index (χ2v) is 6.31. The van der Waals surface area contributed by atoms with Gasteiger partial charge in [0, 0.05) is 30.4 Å². The van der Waals surface area contributed by atoms with Gasteiger partial charge in [-0.25, -0.2) is 0 Å². The fourth-order valence-electron chi connectivity index (χ4n) is 3.10. The molecule has 0 saturated carbocycles. The Hall–Kier alpha value is -3.27. The second-order valence-electron chi connectivity index (χ2n) is 6.31. The van der Waals surface area contributed by atoms with Crippen LogP contribution in [-0.4, -0.2) is 14.8 Å². The summed E-state index contributed by atoms with van der Waals surface area (Å²) in [5.74, 6) is 0. The fraction of sp³-hybridized carbons (Fsp3) is 0.136. The summed E-state index contributed by atoms with van der Waals surface area (Å²) >= 11 is 0. The lowest BCUT2D eigenvalue weighted by molar-refractivity contribution is 0.518. The van der Waals surface area contributed by atoms with Gasteiger partial charge in [-0.2, -0.15) is 5.10 Å². The third kappa shape index (κ3) is 3.54. The molecule has 3 aromatic rings. The number of allylic oxidation sites excluding steroid dienone is 4. The van der Waals surface area contributed by atoms with Crippen LogP contribution in [0.2, 0.25) is 0 Å². The maximum Gasteiger partial charge on any atom is 0.203 e. The highest BCUT2D eigenvalue weighted by Crippen LogP contribution is 2.19. The molecular formula is C22H19N3O. The van der Waals surface area contributed by atoms with Gasteiger partial charge in [-0.05, 0) is 30.2 Å². The van der Waals surface area contributed by atoms with E-state index in [0.29, 0.717) is 12.1 Å². The first-order chi connectivity index (χ1) is 12.8. The SMILES string of the molecule is O=c1ccn(C2C=CC=CC2)nc1Cc1cccc(-c2ccccn2)c1. The Balaban J connectivity index is 1.62. The summed E-state index contributed by atoms with van der Waals surface area (Å²) in [7, 11) is 0. The predicted molar refractivity (Wildman–Crippen MR) is 103 cm³/mol. The van der Waals surface area contributed by atoms with Crippen molar-refractivity contribution < 1.29 is 0 Å². The number of hydrogen-bond donors (Lipinski definition) is 0. The van der Waals surface area contributed by atoms with Crippen molar-refractivity contribution in [2.24, 2.45) is 0 Å².